The van der Waals surface area contributed by atoms with E-state index in [1.807, 2.05) is 13.8 Å². The number of ketones is 1. The summed E-state index contributed by atoms with van der Waals surface area (Å²) in [6, 6.07) is 0. The molecule has 0 rings (SSSR count). The fraction of sp³-hybridized carbons (Fsp3) is 0.750. The fourth-order valence-electron chi connectivity index (χ4n) is 0.348. The van der Waals surface area contributed by atoms with Crippen molar-refractivity contribution in [2.45, 2.75) is 34.1 Å². The lowest BCUT2D eigenvalue weighted by molar-refractivity contribution is -0.123. The van der Waals surface area contributed by atoms with E-state index in [0.717, 1.165) is 0 Å². The number of hydrogen-bond acceptors (Lipinski definition) is 2. The minimum Gasteiger partial charge on any atom is -0.349 e. The molecule has 0 radical (unpaired) electrons. The molecule has 0 atom stereocenters. The second-order valence-electron chi connectivity index (χ2n) is 1.80. The maximum Gasteiger partial charge on any atom is 0.217 e. The van der Waals surface area contributed by atoms with Crippen LogP contribution in [0.5, 0.6) is 0 Å². The molecule has 1 amide bonds. The Labute approximate surface area is 69.7 Å². The van der Waals surface area contributed by atoms with E-state index in [1.54, 1.807) is 6.92 Å². The molecule has 0 fully saturated rings. The molecule has 0 aromatic rings. The predicted molar refractivity (Wildman–Crippen MR) is 47.4 cm³/mol. The normalized spacial score (nSPS) is 7.64. The molecule has 0 aliphatic rings. The molecule has 1 N–H and O–H groups in total. The van der Waals surface area contributed by atoms with Gasteiger partial charge in [0.05, 0.1) is 6.54 Å². The minimum atomic E-state index is -0.156. The average molecular weight is 161 g/mol. The van der Waals surface area contributed by atoms with Gasteiger partial charge in [0.2, 0.25) is 5.91 Å². The molecule has 68 valence electrons. The highest BCUT2D eigenvalue weighted by Crippen LogP contribution is 1.76. The van der Waals surface area contributed by atoms with Crippen LogP contribution in [0.2, 0.25) is 0 Å². The van der Waals surface area contributed by atoms with Gasteiger partial charge in [0, 0.05) is 14.8 Å². The maximum atomic E-state index is 10.5. The summed E-state index contributed by atoms with van der Waals surface area (Å²) in [5, 5.41) is 2.41. The van der Waals surface area contributed by atoms with Crippen molar-refractivity contribution >= 4 is 11.7 Å². The molecule has 3 heteroatoms. The number of hydrogen-bond donors (Lipinski definition) is 1. The van der Waals surface area contributed by atoms with E-state index in [2.05, 4.69) is 5.32 Å². The summed E-state index contributed by atoms with van der Waals surface area (Å²) in [6.45, 7) is 7.33. The third-order valence-electron chi connectivity index (χ3n) is 0.929. The standard InChI is InChI=1S/C6H11NO2.C2H6.H2/c1-3-6(9)4-7-5(2)8;1-2;/h3-4H2,1-2H3,(H,7,8);1-2H3;1H. The van der Waals surface area contributed by atoms with Crippen LogP contribution in [-0.4, -0.2) is 18.2 Å². The number of rotatable bonds is 3. The molecule has 3 nitrogen and oxygen atoms in total. The number of carbonyl (C=O) groups excluding carboxylic acids is 2. The van der Waals surface area contributed by atoms with Crippen LogP contribution in [0.1, 0.15) is 35.5 Å². The van der Waals surface area contributed by atoms with Crippen molar-refractivity contribution in [1.82, 2.24) is 5.32 Å². The summed E-state index contributed by atoms with van der Waals surface area (Å²) in [4.78, 5) is 20.7. The average Bonchev–Trinajstić information content (AvgIpc) is 2.04. The Morgan fingerprint density at radius 2 is 1.82 bits per heavy atom. The van der Waals surface area contributed by atoms with Crippen molar-refractivity contribution in [1.29, 1.82) is 0 Å². The zero-order chi connectivity index (χ0) is 9.28. The quantitative estimate of drug-likeness (QED) is 0.679. The van der Waals surface area contributed by atoms with E-state index >= 15 is 0 Å². The molecule has 0 aromatic carbocycles. The third kappa shape index (κ3) is 12.4. The van der Waals surface area contributed by atoms with E-state index in [0.29, 0.717) is 6.42 Å². The summed E-state index contributed by atoms with van der Waals surface area (Å²) in [6.07, 6.45) is 0.486. The molecule has 11 heavy (non-hydrogen) atoms. The van der Waals surface area contributed by atoms with Crippen LogP contribution in [0.15, 0.2) is 0 Å². The number of nitrogens with one attached hydrogen (secondary N) is 1. The first-order valence-corrected chi connectivity index (χ1v) is 3.93. The van der Waals surface area contributed by atoms with Crippen LogP contribution < -0.4 is 5.32 Å². The molecule has 0 spiro atoms. The molecular weight excluding hydrogens is 142 g/mol. The number of Topliss-reactive ketones (excluding diaryl/α,β-unsaturated/α-hetero) is 1. The molecule has 0 aliphatic carbocycles. The molecule has 0 aromatic heterocycles. The lowest BCUT2D eigenvalue weighted by Gasteiger charge is -1.96. The Morgan fingerprint density at radius 3 is 2.09 bits per heavy atom. The Kier molecular flexibility index (Phi) is 10.6. The summed E-state index contributed by atoms with van der Waals surface area (Å²) in [5.41, 5.74) is 0. The van der Waals surface area contributed by atoms with E-state index in [-0.39, 0.29) is 19.7 Å². The van der Waals surface area contributed by atoms with Gasteiger partial charge in [-0.1, -0.05) is 20.8 Å². The summed E-state index contributed by atoms with van der Waals surface area (Å²) < 4.78 is 0. The lowest BCUT2D eigenvalue weighted by Crippen LogP contribution is -2.26. The summed E-state index contributed by atoms with van der Waals surface area (Å²) >= 11 is 0. The lowest BCUT2D eigenvalue weighted by atomic mass is 10.3. The second-order valence-corrected chi connectivity index (χ2v) is 1.80. The van der Waals surface area contributed by atoms with Crippen molar-refractivity contribution in [3.63, 3.8) is 0 Å². The molecule has 0 aliphatic heterocycles. The highest BCUT2D eigenvalue weighted by Gasteiger charge is 1.96. The van der Waals surface area contributed by atoms with Crippen LogP contribution in [0.25, 0.3) is 0 Å². The first-order chi connectivity index (χ1) is 5.16. The van der Waals surface area contributed by atoms with Crippen molar-refractivity contribution in [3.05, 3.63) is 0 Å². The Morgan fingerprint density at radius 1 is 1.36 bits per heavy atom. The van der Waals surface area contributed by atoms with Crippen molar-refractivity contribution < 1.29 is 11.0 Å². The van der Waals surface area contributed by atoms with Gasteiger partial charge in [-0.25, -0.2) is 0 Å². The number of amides is 1. The van der Waals surface area contributed by atoms with Gasteiger partial charge in [0.25, 0.3) is 0 Å². The van der Waals surface area contributed by atoms with E-state index in [1.165, 1.54) is 6.92 Å². The van der Waals surface area contributed by atoms with E-state index < -0.39 is 0 Å². The van der Waals surface area contributed by atoms with Crippen LogP contribution in [0.3, 0.4) is 0 Å². The van der Waals surface area contributed by atoms with Gasteiger partial charge in [0.1, 0.15) is 0 Å². The Bertz CT molecular complexity index is 126. The van der Waals surface area contributed by atoms with Crippen LogP contribution in [0.4, 0.5) is 0 Å². The van der Waals surface area contributed by atoms with Gasteiger partial charge < -0.3 is 5.32 Å². The second kappa shape index (κ2) is 9.14. The van der Waals surface area contributed by atoms with Crippen molar-refractivity contribution in [2.24, 2.45) is 0 Å². The monoisotopic (exact) mass is 161 g/mol. The van der Waals surface area contributed by atoms with Crippen LogP contribution in [0, 0.1) is 0 Å². The largest absolute Gasteiger partial charge is 0.349 e. The van der Waals surface area contributed by atoms with Gasteiger partial charge in [-0.3, -0.25) is 9.59 Å². The van der Waals surface area contributed by atoms with Crippen molar-refractivity contribution in [3.8, 4) is 0 Å². The van der Waals surface area contributed by atoms with Crippen LogP contribution in [-0.2, 0) is 9.59 Å². The topological polar surface area (TPSA) is 46.2 Å². The van der Waals surface area contributed by atoms with Gasteiger partial charge in [0.15, 0.2) is 5.78 Å². The van der Waals surface area contributed by atoms with Gasteiger partial charge in [-0.2, -0.15) is 0 Å². The van der Waals surface area contributed by atoms with Gasteiger partial charge >= 0.3 is 0 Å². The third-order valence-corrected chi connectivity index (χ3v) is 0.929. The molecule has 0 saturated heterocycles. The maximum absolute atomic E-state index is 10.5. The SMILES string of the molecule is CC.CCC(=O)CNC(C)=O.[HH]. The van der Waals surface area contributed by atoms with E-state index in [9.17, 15) is 9.59 Å². The number of carbonyl (C=O) groups is 2. The first-order valence-electron chi connectivity index (χ1n) is 3.93. The Hall–Kier alpha value is -0.860. The molecule has 0 unspecified atom stereocenters. The molecule has 0 saturated carbocycles. The summed E-state index contributed by atoms with van der Waals surface area (Å²) in [5.74, 6) is -0.0954. The first kappa shape index (κ1) is 12.8. The molecular formula is C8H19NO2. The van der Waals surface area contributed by atoms with Crippen LogP contribution >= 0.6 is 0 Å². The molecule has 0 bridgehead atoms. The van der Waals surface area contributed by atoms with Crippen molar-refractivity contribution in [2.75, 3.05) is 6.54 Å². The summed E-state index contributed by atoms with van der Waals surface area (Å²) in [7, 11) is 0. The van der Waals surface area contributed by atoms with Gasteiger partial charge in [-0.15, -0.1) is 0 Å². The zero-order valence-corrected chi connectivity index (χ0v) is 7.73. The highest BCUT2D eigenvalue weighted by atomic mass is 16.2. The fourth-order valence-corrected chi connectivity index (χ4v) is 0.348. The predicted octanol–water partition coefficient (Wildman–Crippen LogP) is 1.37. The highest BCUT2D eigenvalue weighted by molar-refractivity contribution is 5.84. The minimum absolute atomic E-state index is 0. The van der Waals surface area contributed by atoms with E-state index in [4.69, 9.17) is 0 Å². The molecule has 0 heterocycles. The smallest absolute Gasteiger partial charge is 0.217 e. The zero-order valence-electron chi connectivity index (χ0n) is 7.73. The van der Waals surface area contributed by atoms with Gasteiger partial charge in [-0.05, 0) is 0 Å². The Balaban J connectivity index is -0.000000249.